The van der Waals surface area contributed by atoms with Crippen molar-refractivity contribution < 1.29 is 13.9 Å². The Morgan fingerprint density at radius 2 is 2.08 bits per heavy atom. The van der Waals surface area contributed by atoms with E-state index in [1.807, 2.05) is 20.8 Å². The van der Waals surface area contributed by atoms with E-state index in [0.717, 1.165) is 0 Å². The molecule has 1 amide bonds. The van der Waals surface area contributed by atoms with E-state index in [-0.39, 0.29) is 35.5 Å². The first-order chi connectivity index (χ1) is 11.2. The summed E-state index contributed by atoms with van der Waals surface area (Å²) in [5.74, 6) is -0.331. The lowest BCUT2D eigenvalue weighted by molar-refractivity contribution is 0.0861. The normalized spacial score (nSPS) is 12.7. The monoisotopic (exact) mass is 334 g/mol. The molecule has 0 saturated carbocycles. The third-order valence-electron chi connectivity index (χ3n) is 3.82. The Morgan fingerprint density at radius 1 is 1.42 bits per heavy atom. The SMILES string of the molecule is Cn1ncc(C(=O)N[C@H](COc2ccccc2F)C(C)(C)C)c1N. The maximum atomic E-state index is 13.7. The summed E-state index contributed by atoms with van der Waals surface area (Å²) in [7, 11) is 1.66. The van der Waals surface area contributed by atoms with Crippen molar-refractivity contribution in [3.05, 3.63) is 41.8 Å². The molecule has 2 rings (SSSR count). The first-order valence-corrected chi connectivity index (χ1v) is 7.66. The molecule has 0 saturated heterocycles. The number of rotatable bonds is 5. The number of ether oxygens (including phenoxy) is 1. The summed E-state index contributed by atoms with van der Waals surface area (Å²) in [5, 5.41) is 6.86. The number of carbonyl (C=O) groups is 1. The van der Waals surface area contributed by atoms with Crippen molar-refractivity contribution in [2.75, 3.05) is 12.3 Å². The molecule has 0 aliphatic carbocycles. The van der Waals surface area contributed by atoms with Crippen molar-refractivity contribution >= 4 is 11.7 Å². The van der Waals surface area contributed by atoms with Crippen molar-refractivity contribution in [1.29, 1.82) is 0 Å². The first-order valence-electron chi connectivity index (χ1n) is 7.66. The van der Waals surface area contributed by atoms with Gasteiger partial charge in [-0.05, 0) is 17.5 Å². The molecule has 3 N–H and O–H groups in total. The summed E-state index contributed by atoms with van der Waals surface area (Å²) < 4.78 is 20.7. The minimum absolute atomic E-state index is 0.135. The molecule has 0 fully saturated rings. The van der Waals surface area contributed by atoms with Gasteiger partial charge in [0.1, 0.15) is 18.0 Å². The fraction of sp³-hybridized carbons (Fsp3) is 0.412. The maximum Gasteiger partial charge on any atom is 0.257 e. The van der Waals surface area contributed by atoms with Crippen molar-refractivity contribution in [3.8, 4) is 5.75 Å². The molecule has 6 nitrogen and oxygen atoms in total. The van der Waals surface area contributed by atoms with Crippen LogP contribution in [0, 0.1) is 11.2 Å². The number of nitrogens with zero attached hydrogens (tertiary/aromatic N) is 2. The van der Waals surface area contributed by atoms with Gasteiger partial charge in [-0.25, -0.2) is 4.39 Å². The van der Waals surface area contributed by atoms with Crippen LogP contribution >= 0.6 is 0 Å². The van der Waals surface area contributed by atoms with Crippen molar-refractivity contribution in [3.63, 3.8) is 0 Å². The second-order valence-corrected chi connectivity index (χ2v) is 6.70. The number of nitrogens with two attached hydrogens (primary N) is 1. The topological polar surface area (TPSA) is 82.2 Å². The molecule has 0 spiro atoms. The van der Waals surface area contributed by atoms with Crippen LogP contribution in [-0.2, 0) is 7.05 Å². The quantitative estimate of drug-likeness (QED) is 0.879. The highest BCUT2D eigenvalue weighted by Crippen LogP contribution is 2.23. The highest BCUT2D eigenvalue weighted by molar-refractivity contribution is 5.98. The first kappa shape index (κ1) is 17.8. The molecule has 1 atom stereocenters. The summed E-state index contributed by atoms with van der Waals surface area (Å²) in [6.45, 7) is 6.04. The predicted molar refractivity (Wildman–Crippen MR) is 90.2 cm³/mol. The van der Waals surface area contributed by atoms with E-state index in [2.05, 4.69) is 10.4 Å². The van der Waals surface area contributed by atoms with Gasteiger partial charge >= 0.3 is 0 Å². The number of para-hydroxylation sites is 1. The van der Waals surface area contributed by atoms with Crippen LogP contribution in [0.5, 0.6) is 5.75 Å². The van der Waals surface area contributed by atoms with Crippen molar-refractivity contribution in [1.82, 2.24) is 15.1 Å². The molecular formula is C17H23FN4O2. The van der Waals surface area contributed by atoms with Crippen molar-refractivity contribution in [2.24, 2.45) is 12.5 Å². The standard InChI is InChI=1S/C17H23FN4O2/c1-17(2,3)14(10-24-13-8-6-5-7-12(13)18)21-16(23)11-9-20-22(4)15(11)19/h5-9,14H,10,19H2,1-4H3,(H,21,23)/t14-/m1/s1. The van der Waals surface area contributed by atoms with Gasteiger partial charge in [-0.1, -0.05) is 32.9 Å². The number of amides is 1. The molecular weight excluding hydrogens is 311 g/mol. The lowest BCUT2D eigenvalue weighted by atomic mass is 9.87. The fourth-order valence-corrected chi connectivity index (χ4v) is 2.10. The molecule has 2 aromatic rings. The van der Waals surface area contributed by atoms with Crippen LogP contribution in [0.15, 0.2) is 30.5 Å². The number of benzene rings is 1. The van der Waals surface area contributed by atoms with E-state index in [0.29, 0.717) is 5.56 Å². The Morgan fingerprint density at radius 3 is 2.62 bits per heavy atom. The zero-order valence-electron chi connectivity index (χ0n) is 14.3. The van der Waals surface area contributed by atoms with Gasteiger partial charge in [0.15, 0.2) is 11.6 Å². The van der Waals surface area contributed by atoms with E-state index in [4.69, 9.17) is 10.5 Å². The lowest BCUT2D eigenvalue weighted by Gasteiger charge is -2.31. The Kier molecular flexibility index (Phi) is 5.11. The number of nitrogens with one attached hydrogen (secondary N) is 1. The predicted octanol–water partition coefficient (Wildman–Crippen LogP) is 2.36. The molecule has 1 heterocycles. The molecule has 0 bridgehead atoms. The molecule has 130 valence electrons. The van der Waals surface area contributed by atoms with Crippen molar-refractivity contribution in [2.45, 2.75) is 26.8 Å². The van der Waals surface area contributed by atoms with Gasteiger partial charge in [0.05, 0.1) is 12.2 Å². The van der Waals surface area contributed by atoms with Gasteiger partial charge in [-0.15, -0.1) is 0 Å². The smallest absolute Gasteiger partial charge is 0.257 e. The highest BCUT2D eigenvalue weighted by atomic mass is 19.1. The van der Waals surface area contributed by atoms with Gasteiger partial charge in [0, 0.05) is 7.05 Å². The summed E-state index contributed by atoms with van der Waals surface area (Å²) >= 11 is 0. The second-order valence-electron chi connectivity index (χ2n) is 6.70. The third kappa shape index (κ3) is 4.04. The van der Waals surface area contributed by atoms with E-state index in [9.17, 15) is 9.18 Å². The number of anilines is 1. The van der Waals surface area contributed by atoms with E-state index < -0.39 is 5.82 Å². The van der Waals surface area contributed by atoms with E-state index in [1.165, 1.54) is 16.9 Å². The molecule has 1 aromatic carbocycles. The number of hydrogen-bond acceptors (Lipinski definition) is 4. The van der Waals surface area contributed by atoms with Gasteiger partial charge in [-0.3, -0.25) is 9.48 Å². The van der Waals surface area contributed by atoms with Crippen LogP contribution < -0.4 is 15.8 Å². The Bertz CT molecular complexity index is 722. The second kappa shape index (κ2) is 6.90. The maximum absolute atomic E-state index is 13.7. The summed E-state index contributed by atoms with van der Waals surface area (Å²) in [6.07, 6.45) is 1.42. The average molecular weight is 334 g/mol. The number of carbonyl (C=O) groups excluding carboxylic acids is 1. The summed E-state index contributed by atoms with van der Waals surface area (Å²) in [4.78, 5) is 12.4. The summed E-state index contributed by atoms with van der Waals surface area (Å²) in [5.41, 5.74) is 5.84. The zero-order valence-corrected chi connectivity index (χ0v) is 14.3. The number of hydrogen-bond donors (Lipinski definition) is 2. The number of halogens is 1. The van der Waals surface area contributed by atoms with E-state index in [1.54, 1.807) is 25.2 Å². The number of nitrogen functional groups attached to an aromatic ring is 1. The van der Waals surface area contributed by atoms with Crippen LogP contribution in [0.1, 0.15) is 31.1 Å². The van der Waals surface area contributed by atoms with Crippen LogP contribution in [-0.4, -0.2) is 28.3 Å². The van der Waals surface area contributed by atoms with Gasteiger partial charge in [0.2, 0.25) is 0 Å². The molecule has 0 aliphatic rings. The van der Waals surface area contributed by atoms with Crippen LogP contribution in [0.4, 0.5) is 10.2 Å². The minimum Gasteiger partial charge on any atom is -0.488 e. The Balaban J connectivity index is 2.10. The molecule has 0 aliphatic heterocycles. The minimum atomic E-state index is -0.437. The van der Waals surface area contributed by atoms with Crippen LogP contribution in [0.25, 0.3) is 0 Å². The van der Waals surface area contributed by atoms with E-state index >= 15 is 0 Å². The van der Waals surface area contributed by atoms with Gasteiger partial charge < -0.3 is 15.8 Å². The van der Waals surface area contributed by atoms with Gasteiger partial charge in [0.25, 0.3) is 5.91 Å². The lowest BCUT2D eigenvalue weighted by Crippen LogP contribution is -2.47. The zero-order chi connectivity index (χ0) is 17.9. The fourth-order valence-electron chi connectivity index (χ4n) is 2.10. The Labute approximate surface area is 140 Å². The Hall–Kier alpha value is -2.57. The van der Waals surface area contributed by atoms with Crippen LogP contribution in [0.3, 0.4) is 0 Å². The highest BCUT2D eigenvalue weighted by Gasteiger charge is 2.28. The molecule has 7 heteroatoms. The molecule has 0 unspecified atom stereocenters. The largest absolute Gasteiger partial charge is 0.488 e. The molecule has 0 radical (unpaired) electrons. The van der Waals surface area contributed by atoms with Crippen LogP contribution in [0.2, 0.25) is 0 Å². The third-order valence-corrected chi connectivity index (χ3v) is 3.82. The average Bonchev–Trinajstić information content (AvgIpc) is 2.83. The molecule has 1 aromatic heterocycles. The molecule has 24 heavy (non-hydrogen) atoms. The number of aryl methyl sites for hydroxylation is 1. The van der Waals surface area contributed by atoms with Gasteiger partial charge in [-0.2, -0.15) is 5.10 Å². The summed E-state index contributed by atoms with van der Waals surface area (Å²) in [6, 6.07) is 5.83. The number of aromatic nitrogens is 2.